The second-order valence-corrected chi connectivity index (χ2v) is 7.67. The van der Waals surface area contributed by atoms with Gasteiger partial charge in [-0.2, -0.15) is 0 Å². The van der Waals surface area contributed by atoms with Crippen molar-refractivity contribution < 1.29 is 14.3 Å². The summed E-state index contributed by atoms with van der Waals surface area (Å²) in [6.45, 7) is 10.2. The first-order valence-corrected chi connectivity index (χ1v) is 9.68. The van der Waals surface area contributed by atoms with Crippen molar-refractivity contribution in [2.45, 2.75) is 46.6 Å². The van der Waals surface area contributed by atoms with Crippen LogP contribution in [0, 0.1) is 19.3 Å². The highest BCUT2D eigenvalue weighted by Gasteiger charge is 2.49. The van der Waals surface area contributed by atoms with Gasteiger partial charge in [-0.3, -0.25) is 9.59 Å². The zero-order chi connectivity index (χ0) is 18.9. The molecule has 0 aliphatic carbocycles. The van der Waals surface area contributed by atoms with E-state index < -0.39 is 5.41 Å². The van der Waals surface area contributed by atoms with Crippen LogP contribution in [0.15, 0.2) is 6.07 Å². The maximum atomic E-state index is 13.1. The second-order valence-electron chi connectivity index (χ2n) is 7.67. The van der Waals surface area contributed by atoms with Crippen molar-refractivity contribution in [1.82, 2.24) is 14.4 Å². The zero-order valence-corrected chi connectivity index (χ0v) is 16.5. The van der Waals surface area contributed by atoms with Crippen LogP contribution in [0.5, 0.6) is 0 Å². The van der Waals surface area contributed by atoms with Crippen molar-refractivity contribution in [3.05, 3.63) is 23.0 Å². The lowest BCUT2D eigenvalue weighted by Gasteiger charge is -2.39. The van der Waals surface area contributed by atoms with Crippen LogP contribution < -0.4 is 0 Å². The normalized spacial score (nSPS) is 23.3. The number of ether oxygens (including phenoxy) is 1. The number of amides is 2. The Morgan fingerprint density at radius 2 is 2.04 bits per heavy atom. The van der Waals surface area contributed by atoms with Gasteiger partial charge in [0.15, 0.2) is 0 Å². The molecule has 0 radical (unpaired) electrons. The number of likely N-dealkylation sites (tertiary alicyclic amines) is 2. The molecule has 2 fully saturated rings. The van der Waals surface area contributed by atoms with Crippen LogP contribution in [0.3, 0.4) is 0 Å². The quantitative estimate of drug-likeness (QED) is 0.808. The molecule has 3 rings (SSSR count). The molecule has 6 heteroatoms. The molecule has 0 saturated carbocycles. The molecule has 0 bridgehead atoms. The van der Waals surface area contributed by atoms with Crippen molar-refractivity contribution in [3.8, 4) is 0 Å². The summed E-state index contributed by atoms with van der Waals surface area (Å²) in [6, 6.07) is 1.99. The standard InChI is InChI=1S/C20H31N3O3/c1-5-23-15(2)13-17(16(23)3)18(24)22-10-8-20(14-22)7-6-9-21(19(20)25)11-12-26-4/h13H,5-12,14H2,1-4H3. The molecule has 0 N–H and O–H groups in total. The summed E-state index contributed by atoms with van der Waals surface area (Å²) in [6.07, 6.45) is 2.66. The average Bonchev–Trinajstić information content (AvgIpc) is 3.18. The Morgan fingerprint density at radius 3 is 2.69 bits per heavy atom. The molecule has 2 amide bonds. The van der Waals surface area contributed by atoms with Gasteiger partial charge in [-0.15, -0.1) is 0 Å². The van der Waals surface area contributed by atoms with Gasteiger partial charge in [0, 0.05) is 51.2 Å². The van der Waals surface area contributed by atoms with Crippen LogP contribution in [0.2, 0.25) is 0 Å². The molecule has 1 unspecified atom stereocenters. The van der Waals surface area contributed by atoms with Gasteiger partial charge in [0.25, 0.3) is 5.91 Å². The zero-order valence-electron chi connectivity index (χ0n) is 16.5. The number of hydrogen-bond acceptors (Lipinski definition) is 3. The fourth-order valence-electron chi connectivity index (χ4n) is 4.67. The Morgan fingerprint density at radius 1 is 1.27 bits per heavy atom. The van der Waals surface area contributed by atoms with Crippen molar-refractivity contribution in [2.24, 2.45) is 5.41 Å². The number of aromatic nitrogens is 1. The van der Waals surface area contributed by atoms with Gasteiger partial charge in [0.1, 0.15) is 0 Å². The fourth-order valence-corrected chi connectivity index (χ4v) is 4.67. The van der Waals surface area contributed by atoms with Crippen LogP contribution in [-0.2, 0) is 16.1 Å². The minimum atomic E-state index is -0.391. The summed E-state index contributed by atoms with van der Waals surface area (Å²) in [5.74, 6) is 0.270. The highest BCUT2D eigenvalue weighted by molar-refractivity contribution is 5.97. The molecular weight excluding hydrogens is 330 g/mol. The van der Waals surface area contributed by atoms with E-state index in [2.05, 4.69) is 11.5 Å². The van der Waals surface area contributed by atoms with Gasteiger partial charge in [0.05, 0.1) is 17.6 Å². The number of piperidine rings is 1. The van der Waals surface area contributed by atoms with E-state index in [9.17, 15) is 9.59 Å². The van der Waals surface area contributed by atoms with E-state index in [1.54, 1.807) is 7.11 Å². The van der Waals surface area contributed by atoms with Crippen molar-refractivity contribution in [2.75, 3.05) is 39.9 Å². The highest BCUT2D eigenvalue weighted by atomic mass is 16.5. The lowest BCUT2D eigenvalue weighted by Crippen LogP contribution is -2.51. The first kappa shape index (κ1) is 19.0. The monoisotopic (exact) mass is 361 g/mol. The lowest BCUT2D eigenvalue weighted by atomic mass is 9.78. The Bertz CT molecular complexity index is 697. The van der Waals surface area contributed by atoms with E-state index in [1.807, 2.05) is 29.7 Å². The largest absolute Gasteiger partial charge is 0.383 e. The van der Waals surface area contributed by atoms with Gasteiger partial charge in [0.2, 0.25) is 5.91 Å². The van der Waals surface area contributed by atoms with E-state index in [0.29, 0.717) is 26.2 Å². The summed E-state index contributed by atoms with van der Waals surface area (Å²) in [5.41, 5.74) is 2.52. The number of rotatable bonds is 5. The third kappa shape index (κ3) is 3.15. The molecule has 144 valence electrons. The Balaban J connectivity index is 1.75. The summed E-state index contributed by atoms with van der Waals surface area (Å²) < 4.78 is 7.30. The topological polar surface area (TPSA) is 54.8 Å². The highest BCUT2D eigenvalue weighted by Crippen LogP contribution is 2.40. The molecule has 1 spiro atoms. The molecule has 26 heavy (non-hydrogen) atoms. The minimum Gasteiger partial charge on any atom is -0.383 e. The predicted molar refractivity (Wildman–Crippen MR) is 100 cm³/mol. The molecule has 1 aromatic rings. The van der Waals surface area contributed by atoms with Gasteiger partial charge < -0.3 is 19.1 Å². The molecule has 3 heterocycles. The van der Waals surface area contributed by atoms with E-state index in [-0.39, 0.29) is 11.8 Å². The smallest absolute Gasteiger partial charge is 0.255 e. The maximum Gasteiger partial charge on any atom is 0.255 e. The van der Waals surface area contributed by atoms with Gasteiger partial charge in [-0.05, 0) is 46.1 Å². The van der Waals surface area contributed by atoms with Crippen LogP contribution >= 0.6 is 0 Å². The summed E-state index contributed by atoms with van der Waals surface area (Å²) >= 11 is 0. The number of methoxy groups -OCH3 is 1. The molecule has 1 atom stereocenters. The van der Waals surface area contributed by atoms with Gasteiger partial charge in [-0.25, -0.2) is 0 Å². The summed E-state index contributed by atoms with van der Waals surface area (Å²) in [7, 11) is 1.66. The molecular formula is C20H31N3O3. The molecule has 2 aliphatic rings. The van der Waals surface area contributed by atoms with E-state index in [1.165, 1.54) is 0 Å². The molecule has 2 aliphatic heterocycles. The maximum absolute atomic E-state index is 13.1. The van der Waals surface area contributed by atoms with Crippen LogP contribution in [0.25, 0.3) is 0 Å². The van der Waals surface area contributed by atoms with E-state index in [4.69, 9.17) is 4.74 Å². The average molecular weight is 361 g/mol. The van der Waals surface area contributed by atoms with Crippen molar-refractivity contribution in [1.29, 1.82) is 0 Å². The number of carbonyl (C=O) groups excluding carboxylic acids is 2. The van der Waals surface area contributed by atoms with Crippen molar-refractivity contribution >= 4 is 11.8 Å². The Labute approximate surface area is 156 Å². The van der Waals surface area contributed by atoms with Crippen LogP contribution in [-0.4, -0.2) is 66.1 Å². The molecule has 0 aromatic carbocycles. The number of nitrogens with zero attached hydrogens (tertiary/aromatic N) is 3. The number of aryl methyl sites for hydroxylation is 1. The molecule has 2 saturated heterocycles. The Hall–Kier alpha value is -1.82. The summed E-state index contributed by atoms with van der Waals surface area (Å²) in [4.78, 5) is 30.0. The molecule has 6 nitrogen and oxygen atoms in total. The SMILES string of the molecule is CCn1c(C)cc(C(=O)N2CCC3(CCCN(CCOC)C3=O)C2)c1C. The van der Waals surface area contributed by atoms with Crippen molar-refractivity contribution in [3.63, 3.8) is 0 Å². The van der Waals surface area contributed by atoms with E-state index in [0.717, 1.165) is 49.3 Å². The minimum absolute atomic E-state index is 0.0662. The first-order chi connectivity index (χ1) is 12.4. The number of carbonyl (C=O) groups is 2. The third-order valence-electron chi connectivity index (χ3n) is 6.15. The predicted octanol–water partition coefficient (Wildman–Crippen LogP) is 2.23. The van der Waals surface area contributed by atoms with E-state index >= 15 is 0 Å². The van der Waals surface area contributed by atoms with Gasteiger partial charge >= 0.3 is 0 Å². The lowest BCUT2D eigenvalue weighted by molar-refractivity contribution is -0.146. The number of hydrogen-bond donors (Lipinski definition) is 0. The summed E-state index contributed by atoms with van der Waals surface area (Å²) in [5, 5.41) is 0. The third-order valence-corrected chi connectivity index (χ3v) is 6.15. The second kappa shape index (κ2) is 7.43. The van der Waals surface area contributed by atoms with Crippen LogP contribution in [0.1, 0.15) is 47.9 Å². The first-order valence-electron chi connectivity index (χ1n) is 9.68. The van der Waals surface area contributed by atoms with Crippen LogP contribution in [0.4, 0.5) is 0 Å². The Kier molecular flexibility index (Phi) is 5.42. The molecule has 1 aromatic heterocycles. The van der Waals surface area contributed by atoms with Gasteiger partial charge in [-0.1, -0.05) is 0 Å². The fraction of sp³-hybridized carbons (Fsp3) is 0.700.